The third-order valence-electron chi connectivity index (χ3n) is 4.04. The Labute approximate surface area is 150 Å². The summed E-state index contributed by atoms with van der Waals surface area (Å²) in [6.07, 6.45) is 6.01. The average molecular weight is 372 g/mol. The minimum Gasteiger partial charge on any atom is -0.317 e. The van der Waals surface area contributed by atoms with Gasteiger partial charge in [-0.3, -0.25) is 4.79 Å². The first-order valence-electron chi connectivity index (χ1n) is 7.35. The van der Waals surface area contributed by atoms with E-state index in [1.54, 1.807) is 6.20 Å². The van der Waals surface area contributed by atoms with E-state index in [0.29, 0.717) is 11.6 Å². The predicted octanol–water partition coefficient (Wildman–Crippen LogP) is 4.02. The molecule has 124 valence electrons. The summed E-state index contributed by atoms with van der Waals surface area (Å²) < 4.78 is 0. The Kier molecular flexibility index (Phi) is 6.03. The van der Waals surface area contributed by atoms with Gasteiger partial charge in [-0.25, -0.2) is 4.98 Å². The zero-order valence-corrected chi connectivity index (χ0v) is 14.9. The van der Waals surface area contributed by atoms with Crippen molar-refractivity contribution in [2.45, 2.75) is 37.6 Å². The van der Waals surface area contributed by atoms with Gasteiger partial charge in [-0.05, 0) is 24.5 Å². The lowest BCUT2D eigenvalue weighted by molar-refractivity contribution is -0.121. The van der Waals surface area contributed by atoms with Gasteiger partial charge in [0.05, 0.1) is 5.54 Å². The Hall–Kier alpha value is -1.14. The van der Waals surface area contributed by atoms with Gasteiger partial charge in [0.2, 0.25) is 5.91 Å². The SMILES string of the molecule is Cl.NC1(C(=O)Nc2ncc(Cc3ccccc3Cl)s2)CCCC1. The van der Waals surface area contributed by atoms with Gasteiger partial charge >= 0.3 is 0 Å². The smallest absolute Gasteiger partial charge is 0.246 e. The highest BCUT2D eigenvalue weighted by molar-refractivity contribution is 7.15. The molecule has 0 saturated heterocycles. The van der Waals surface area contributed by atoms with Crippen molar-refractivity contribution in [2.75, 3.05) is 5.32 Å². The standard InChI is InChI=1S/C16H18ClN3OS.ClH/c17-13-6-2-1-5-11(13)9-12-10-19-15(22-12)20-14(21)16(18)7-3-4-8-16;/h1-2,5-6,10H,3-4,7-9,18H2,(H,19,20,21);1H. The summed E-state index contributed by atoms with van der Waals surface area (Å²) in [4.78, 5) is 17.6. The monoisotopic (exact) mass is 371 g/mol. The molecular formula is C16H19Cl2N3OS. The molecule has 1 aliphatic rings. The van der Waals surface area contributed by atoms with Crippen LogP contribution in [0.15, 0.2) is 30.5 Å². The highest BCUT2D eigenvalue weighted by Crippen LogP contribution is 2.30. The van der Waals surface area contributed by atoms with E-state index in [4.69, 9.17) is 17.3 Å². The van der Waals surface area contributed by atoms with Crippen LogP contribution in [0.2, 0.25) is 5.02 Å². The summed E-state index contributed by atoms with van der Waals surface area (Å²) in [5.74, 6) is -0.122. The molecule has 0 aliphatic heterocycles. The van der Waals surface area contributed by atoms with Gasteiger partial charge in [-0.1, -0.05) is 42.6 Å². The Morgan fingerprint density at radius 1 is 1.35 bits per heavy atom. The van der Waals surface area contributed by atoms with Crippen molar-refractivity contribution in [2.24, 2.45) is 5.73 Å². The Bertz CT molecular complexity index is 683. The number of nitrogens with zero attached hydrogens (tertiary/aromatic N) is 1. The lowest BCUT2D eigenvalue weighted by atomic mass is 9.98. The number of amides is 1. The number of benzene rings is 1. The van der Waals surface area contributed by atoms with E-state index < -0.39 is 5.54 Å². The van der Waals surface area contributed by atoms with Crippen LogP contribution in [0, 0.1) is 0 Å². The van der Waals surface area contributed by atoms with Crippen LogP contribution < -0.4 is 11.1 Å². The van der Waals surface area contributed by atoms with Gasteiger partial charge in [0.25, 0.3) is 0 Å². The van der Waals surface area contributed by atoms with Crippen molar-refractivity contribution in [3.05, 3.63) is 45.9 Å². The van der Waals surface area contributed by atoms with Gasteiger partial charge in [0.1, 0.15) is 0 Å². The van der Waals surface area contributed by atoms with Crippen LogP contribution in [-0.4, -0.2) is 16.4 Å². The summed E-state index contributed by atoms with van der Waals surface area (Å²) in [6, 6.07) is 7.74. The first-order valence-corrected chi connectivity index (χ1v) is 8.55. The average Bonchev–Trinajstić information content (AvgIpc) is 3.12. The summed E-state index contributed by atoms with van der Waals surface area (Å²) in [5, 5.41) is 4.20. The molecule has 1 fully saturated rings. The van der Waals surface area contributed by atoms with Gasteiger partial charge in [0, 0.05) is 22.5 Å². The maximum Gasteiger partial charge on any atom is 0.246 e. The third kappa shape index (κ3) is 4.23. The number of carbonyl (C=O) groups excluding carboxylic acids is 1. The molecule has 0 radical (unpaired) electrons. The molecule has 1 heterocycles. The number of hydrogen-bond acceptors (Lipinski definition) is 4. The zero-order chi connectivity index (χ0) is 15.6. The molecule has 7 heteroatoms. The summed E-state index contributed by atoms with van der Waals surface area (Å²) in [6.45, 7) is 0. The lowest BCUT2D eigenvalue weighted by Gasteiger charge is -2.21. The Balaban J connectivity index is 0.00000192. The second-order valence-corrected chi connectivity index (χ2v) is 7.24. The van der Waals surface area contributed by atoms with Crippen LogP contribution in [0.3, 0.4) is 0 Å². The second kappa shape index (κ2) is 7.62. The topological polar surface area (TPSA) is 68.0 Å². The molecule has 2 aromatic rings. The Morgan fingerprint density at radius 3 is 2.74 bits per heavy atom. The molecule has 4 nitrogen and oxygen atoms in total. The van der Waals surface area contributed by atoms with Crippen LogP contribution in [-0.2, 0) is 11.2 Å². The van der Waals surface area contributed by atoms with Gasteiger partial charge < -0.3 is 11.1 Å². The van der Waals surface area contributed by atoms with Crippen LogP contribution in [0.4, 0.5) is 5.13 Å². The van der Waals surface area contributed by atoms with Gasteiger partial charge in [-0.15, -0.1) is 23.7 Å². The Morgan fingerprint density at radius 2 is 2.04 bits per heavy atom. The number of nitrogens with two attached hydrogens (primary N) is 1. The molecule has 23 heavy (non-hydrogen) atoms. The van der Waals surface area contributed by atoms with Gasteiger partial charge in [0.15, 0.2) is 5.13 Å². The molecular weight excluding hydrogens is 353 g/mol. The quantitative estimate of drug-likeness (QED) is 0.852. The summed E-state index contributed by atoms with van der Waals surface area (Å²) in [7, 11) is 0. The largest absolute Gasteiger partial charge is 0.317 e. The lowest BCUT2D eigenvalue weighted by Crippen LogP contribution is -2.48. The zero-order valence-electron chi connectivity index (χ0n) is 12.5. The number of aromatic nitrogens is 1. The van der Waals surface area contributed by atoms with Crippen molar-refractivity contribution in [3.8, 4) is 0 Å². The van der Waals surface area contributed by atoms with E-state index in [1.165, 1.54) is 11.3 Å². The highest BCUT2D eigenvalue weighted by Gasteiger charge is 2.37. The fourth-order valence-electron chi connectivity index (χ4n) is 2.73. The molecule has 0 unspecified atom stereocenters. The summed E-state index contributed by atoms with van der Waals surface area (Å²) in [5.41, 5.74) is 6.47. The van der Waals surface area contributed by atoms with Crippen molar-refractivity contribution in [1.29, 1.82) is 0 Å². The number of thiazole rings is 1. The maximum absolute atomic E-state index is 12.3. The second-order valence-electron chi connectivity index (χ2n) is 5.72. The predicted molar refractivity (Wildman–Crippen MR) is 97.6 cm³/mol. The normalized spacial score (nSPS) is 15.9. The molecule has 0 spiro atoms. The molecule has 1 aromatic heterocycles. The number of halogens is 2. The van der Waals surface area contributed by atoms with E-state index in [0.717, 1.165) is 41.1 Å². The first kappa shape index (κ1) is 18.2. The van der Waals surface area contributed by atoms with Crippen LogP contribution in [0.1, 0.15) is 36.1 Å². The van der Waals surface area contributed by atoms with Crippen LogP contribution in [0.25, 0.3) is 0 Å². The summed E-state index contributed by atoms with van der Waals surface area (Å²) >= 11 is 7.63. The number of anilines is 1. The van der Waals surface area contributed by atoms with Crippen molar-refractivity contribution in [1.82, 2.24) is 4.98 Å². The number of nitrogens with one attached hydrogen (secondary N) is 1. The molecule has 0 bridgehead atoms. The van der Waals surface area contributed by atoms with Crippen molar-refractivity contribution < 1.29 is 4.79 Å². The number of hydrogen-bond donors (Lipinski definition) is 2. The van der Waals surface area contributed by atoms with Crippen molar-refractivity contribution in [3.63, 3.8) is 0 Å². The minimum atomic E-state index is -0.728. The van der Waals surface area contributed by atoms with Gasteiger partial charge in [-0.2, -0.15) is 0 Å². The molecule has 3 N–H and O–H groups in total. The van der Waals surface area contributed by atoms with E-state index in [9.17, 15) is 4.79 Å². The molecule has 0 atom stereocenters. The molecule has 1 amide bonds. The molecule has 3 rings (SSSR count). The maximum atomic E-state index is 12.3. The van der Waals surface area contributed by atoms with Crippen LogP contribution in [0.5, 0.6) is 0 Å². The highest BCUT2D eigenvalue weighted by atomic mass is 35.5. The first-order chi connectivity index (χ1) is 10.6. The van der Waals surface area contributed by atoms with E-state index >= 15 is 0 Å². The number of carbonyl (C=O) groups is 1. The van der Waals surface area contributed by atoms with E-state index in [-0.39, 0.29) is 18.3 Å². The molecule has 1 aromatic carbocycles. The van der Waals surface area contributed by atoms with Crippen LogP contribution >= 0.6 is 35.3 Å². The van der Waals surface area contributed by atoms with E-state index in [2.05, 4.69) is 10.3 Å². The minimum absolute atomic E-state index is 0. The van der Waals surface area contributed by atoms with E-state index in [1.807, 2.05) is 24.3 Å². The van der Waals surface area contributed by atoms with Crippen molar-refractivity contribution >= 4 is 46.4 Å². The number of rotatable bonds is 4. The fraction of sp³-hybridized carbons (Fsp3) is 0.375. The third-order valence-corrected chi connectivity index (χ3v) is 5.33. The molecule has 1 aliphatic carbocycles. The molecule has 1 saturated carbocycles. The fourth-order valence-corrected chi connectivity index (χ4v) is 3.76.